The van der Waals surface area contributed by atoms with Crippen LogP contribution in [0.4, 0.5) is 11.4 Å². The minimum Gasteiger partial charge on any atom is -0.321 e. The molecule has 6 heteroatoms. The molecule has 1 saturated heterocycles. The van der Waals surface area contributed by atoms with Gasteiger partial charge in [0.15, 0.2) is 0 Å². The molecule has 0 radical (unpaired) electrons. The molecule has 1 aromatic heterocycles. The maximum Gasteiger partial charge on any atom is 0.274 e. The van der Waals surface area contributed by atoms with Gasteiger partial charge in [-0.15, -0.1) is 0 Å². The number of nitrogens with zero attached hydrogens (tertiary/aromatic N) is 2. The van der Waals surface area contributed by atoms with Crippen LogP contribution in [-0.2, 0) is 9.59 Å². The number of carbonyl (C=O) groups excluding carboxylic acids is 3. The van der Waals surface area contributed by atoms with Crippen molar-refractivity contribution in [2.24, 2.45) is 11.8 Å². The van der Waals surface area contributed by atoms with Crippen LogP contribution in [0.25, 0.3) is 0 Å². The van der Waals surface area contributed by atoms with Gasteiger partial charge in [-0.25, -0.2) is 0 Å². The average molecular weight is 349 g/mol. The lowest BCUT2D eigenvalue weighted by Gasteiger charge is -2.19. The fourth-order valence-corrected chi connectivity index (χ4v) is 3.80. The van der Waals surface area contributed by atoms with Gasteiger partial charge in [-0.05, 0) is 49.2 Å². The van der Waals surface area contributed by atoms with Gasteiger partial charge >= 0.3 is 0 Å². The van der Waals surface area contributed by atoms with E-state index in [4.69, 9.17) is 0 Å². The summed E-state index contributed by atoms with van der Waals surface area (Å²) in [6.07, 6.45) is 5.16. The summed E-state index contributed by atoms with van der Waals surface area (Å²) in [5.41, 5.74) is 1.47. The van der Waals surface area contributed by atoms with Crippen LogP contribution < -0.4 is 10.2 Å². The number of nitrogens with one attached hydrogen (secondary N) is 1. The summed E-state index contributed by atoms with van der Waals surface area (Å²) in [5.74, 6) is -0.827. The van der Waals surface area contributed by atoms with Crippen molar-refractivity contribution in [2.75, 3.05) is 10.2 Å². The van der Waals surface area contributed by atoms with Crippen molar-refractivity contribution in [1.82, 2.24) is 4.98 Å². The lowest BCUT2D eigenvalue weighted by Crippen LogP contribution is -2.30. The van der Waals surface area contributed by atoms with E-state index in [1.54, 1.807) is 48.7 Å². The Balaban J connectivity index is 1.50. The van der Waals surface area contributed by atoms with E-state index in [0.717, 1.165) is 25.7 Å². The molecule has 1 aliphatic heterocycles. The topological polar surface area (TPSA) is 79.4 Å². The molecule has 2 aromatic rings. The molecule has 1 saturated carbocycles. The number of rotatable bonds is 3. The molecular weight excluding hydrogens is 330 g/mol. The van der Waals surface area contributed by atoms with E-state index in [2.05, 4.69) is 10.3 Å². The average Bonchev–Trinajstić information content (AvgIpc) is 2.94. The summed E-state index contributed by atoms with van der Waals surface area (Å²) in [6, 6.07) is 11.9. The van der Waals surface area contributed by atoms with Crippen molar-refractivity contribution >= 4 is 29.1 Å². The van der Waals surface area contributed by atoms with Crippen LogP contribution in [0.5, 0.6) is 0 Å². The van der Waals surface area contributed by atoms with Crippen molar-refractivity contribution in [2.45, 2.75) is 25.7 Å². The molecule has 26 heavy (non-hydrogen) atoms. The van der Waals surface area contributed by atoms with Crippen LogP contribution >= 0.6 is 0 Å². The zero-order valence-corrected chi connectivity index (χ0v) is 14.2. The van der Waals surface area contributed by atoms with Gasteiger partial charge in [-0.1, -0.05) is 18.9 Å². The number of aromatic nitrogens is 1. The number of anilines is 2. The Morgan fingerprint density at radius 2 is 1.62 bits per heavy atom. The Morgan fingerprint density at radius 1 is 0.962 bits per heavy atom. The van der Waals surface area contributed by atoms with Crippen LogP contribution in [0.15, 0.2) is 48.7 Å². The molecule has 2 heterocycles. The summed E-state index contributed by atoms with van der Waals surface area (Å²) in [4.78, 5) is 42.7. The number of benzene rings is 1. The van der Waals surface area contributed by atoms with E-state index >= 15 is 0 Å². The van der Waals surface area contributed by atoms with E-state index < -0.39 is 0 Å². The smallest absolute Gasteiger partial charge is 0.274 e. The highest BCUT2D eigenvalue weighted by Crippen LogP contribution is 2.40. The standard InChI is InChI=1S/C20H19N3O3/c24-18(17-7-3-4-12-21-17)22-13-8-10-14(11-9-13)23-19(25)15-5-1-2-6-16(15)20(23)26/h3-4,7-12,15-16H,1-2,5-6H2,(H,22,24)/t15-,16+. The first-order chi connectivity index (χ1) is 12.6. The highest BCUT2D eigenvalue weighted by molar-refractivity contribution is 6.22. The number of hydrogen-bond acceptors (Lipinski definition) is 4. The van der Waals surface area contributed by atoms with Crippen molar-refractivity contribution in [3.05, 3.63) is 54.4 Å². The molecule has 2 atom stereocenters. The molecule has 0 unspecified atom stereocenters. The molecule has 132 valence electrons. The molecule has 3 amide bonds. The van der Waals surface area contributed by atoms with Crippen LogP contribution in [-0.4, -0.2) is 22.7 Å². The molecule has 0 spiro atoms. The third-order valence-corrected chi connectivity index (χ3v) is 5.12. The largest absolute Gasteiger partial charge is 0.321 e. The Morgan fingerprint density at radius 3 is 2.19 bits per heavy atom. The molecule has 1 aliphatic carbocycles. The lowest BCUT2D eigenvalue weighted by molar-refractivity contribution is -0.122. The Labute approximate surface area is 151 Å². The second-order valence-electron chi connectivity index (χ2n) is 6.73. The number of carbonyl (C=O) groups is 3. The predicted molar refractivity (Wildman–Crippen MR) is 96.6 cm³/mol. The summed E-state index contributed by atoms with van der Waals surface area (Å²) < 4.78 is 0. The molecule has 6 nitrogen and oxygen atoms in total. The molecule has 2 aliphatic rings. The number of pyridine rings is 1. The monoisotopic (exact) mass is 349 g/mol. The Bertz CT molecular complexity index is 824. The maximum atomic E-state index is 12.6. The number of imide groups is 1. The van der Waals surface area contributed by atoms with Crippen molar-refractivity contribution in [1.29, 1.82) is 0 Å². The van der Waals surface area contributed by atoms with Gasteiger partial charge in [0.2, 0.25) is 11.8 Å². The molecule has 1 N–H and O–H groups in total. The highest BCUT2D eigenvalue weighted by Gasteiger charge is 2.48. The van der Waals surface area contributed by atoms with Crippen molar-refractivity contribution < 1.29 is 14.4 Å². The first-order valence-corrected chi connectivity index (χ1v) is 8.85. The van der Waals surface area contributed by atoms with Gasteiger partial charge in [-0.3, -0.25) is 24.3 Å². The summed E-state index contributed by atoms with van der Waals surface area (Å²) in [7, 11) is 0. The fraction of sp³-hybridized carbons (Fsp3) is 0.300. The lowest BCUT2D eigenvalue weighted by atomic mass is 9.81. The molecule has 1 aromatic carbocycles. The molecule has 2 fully saturated rings. The molecule has 4 rings (SSSR count). The van der Waals surface area contributed by atoms with Gasteiger partial charge in [0.25, 0.3) is 5.91 Å². The maximum absolute atomic E-state index is 12.6. The van der Waals surface area contributed by atoms with E-state index in [0.29, 0.717) is 17.1 Å². The van der Waals surface area contributed by atoms with E-state index in [9.17, 15) is 14.4 Å². The Kier molecular flexibility index (Phi) is 4.24. The number of fused-ring (bicyclic) bond motifs is 1. The number of amides is 3. The zero-order valence-electron chi connectivity index (χ0n) is 14.2. The summed E-state index contributed by atoms with van der Waals surface area (Å²) in [5, 5.41) is 2.76. The second-order valence-corrected chi connectivity index (χ2v) is 6.73. The van der Waals surface area contributed by atoms with Crippen LogP contribution in [0.3, 0.4) is 0 Å². The van der Waals surface area contributed by atoms with E-state index in [1.807, 2.05) is 0 Å². The van der Waals surface area contributed by atoms with Crippen LogP contribution in [0, 0.1) is 11.8 Å². The number of hydrogen-bond donors (Lipinski definition) is 1. The second kappa shape index (κ2) is 6.71. The van der Waals surface area contributed by atoms with E-state index in [1.165, 1.54) is 4.90 Å². The van der Waals surface area contributed by atoms with Gasteiger partial charge in [0.05, 0.1) is 17.5 Å². The fourth-order valence-electron chi connectivity index (χ4n) is 3.80. The Hall–Kier alpha value is -3.02. The normalized spacial score (nSPS) is 22.2. The van der Waals surface area contributed by atoms with E-state index in [-0.39, 0.29) is 29.6 Å². The molecular formula is C20H19N3O3. The molecule has 0 bridgehead atoms. The summed E-state index contributed by atoms with van der Waals surface area (Å²) in [6.45, 7) is 0. The first kappa shape index (κ1) is 16.4. The van der Waals surface area contributed by atoms with Crippen molar-refractivity contribution in [3.63, 3.8) is 0 Å². The minimum atomic E-state index is -0.308. The minimum absolute atomic E-state index is 0.0926. The quantitative estimate of drug-likeness (QED) is 0.864. The highest BCUT2D eigenvalue weighted by atomic mass is 16.2. The predicted octanol–water partition coefficient (Wildman–Crippen LogP) is 3.01. The zero-order chi connectivity index (χ0) is 18.1. The van der Waals surface area contributed by atoms with Gasteiger partial charge in [-0.2, -0.15) is 0 Å². The van der Waals surface area contributed by atoms with Crippen LogP contribution in [0.1, 0.15) is 36.2 Å². The SMILES string of the molecule is O=C(Nc1ccc(N2C(=O)[C@H]3CCCC[C@H]3C2=O)cc1)c1ccccn1. The third-order valence-electron chi connectivity index (χ3n) is 5.12. The first-order valence-electron chi connectivity index (χ1n) is 8.85. The summed E-state index contributed by atoms with van der Waals surface area (Å²) >= 11 is 0. The van der Waals surface area contributed by atoms with Gasteiger partial charge in [0.1, 0.15) is 5.69 Å². The van der Waals surface area contributed by atoms with Gasteiger partial charge < -0.3 is 5.32 Å². The van der Waals surface area contributed by atoms with Crippen LogP contribution in [0.2, 0.25) is 0 Å². The van der Waals surface area contributed by atoms with Gasteiger partial charge in [0, 0.05) is 11.9 Å². The van der Waals surface area contributed by atoms with Crippen molar-refractivity contribution in [3.8, 4) is 0 Å². The third kappa shape index (κ3) is 2.87.